The molecule has 0 aliphatic carbocycles. The third kappa shape index (κ3) is 2.31. The molecule has 0 spiro atoms. The highest BCUT2D eigenvalue weighted by molar-refractivity contribution is 5.92. The molecule has 5 heteroatoms. The lowest BCUT2D eigenvalue weighted by Gasteiger charge is -2.24. The standard InChI is InChI=1S/C14H14N4O/c19-14(12-5-7-16-10-17-12)18-8-2-4-13(18)11-3-1-6-15-9-11/h1,3,5-7,9-10,13H,2,4,8H2. The summed E-state index contributed by atoms with van der Waals surface area (Å²) in [5.41, 5.74) is 1.54. The number of hydrogen-bond donors (Lipinski definition) is 0. The molecule has 0 aromatic carbocycles. The molecule has 2 aromatic heterocycles. The van der Waals surface area contributed by atoms with Crippen LogP contribution in [-0.2, 0) is 0 Å². The average Bonchev–Trinajstić information content (AvgIpc) is 2.98. The van der Waals surface area contributed by atoms with Crippen molar-refractivity contribution >= 4 is 5.91 Å². The second-order valence-electron chi connectivity index (χ2n) is 4.54. The van der Waals surface area contributed by atoms with Crippen molar-refractivity contribution in [1.82, 2.24) is 19.9 Å². The Balaban J connectivity index is 1.86. The molecule has 1 unspecified atom stereocenters. The van der Waals surface area contributed by atoms with Crippen LogP contribution in [0.2, 0.25) is 0 Å². The van der Waals surface area contributed by atoms with E-state index >= 15 is 0 Å². The fourth-order valence-corrected chi connectivity index (χ4v) is 2.49. The van der Waals surface area contributed by atoms with E-state index in [-0.39, 0.29) is 11.9 Å². The van der Waals surface area contributed by atoms with Gasteiger partial charge >= 0.3 is 0 Å². The van der Waals surface area contributed by atoms with Crippen LogP contribution < -0.4 is 0 Å². The van der Waals surface area contributed by atoms with Gasteiger partial charge in [-0.25, -0.2) is 9.97 Å². The summed E-state index contributed by atoms with van der Waals surface area (Å²) in [6.45, 7) is 0.766. The van der Waals surface area contributed by atoms with Gasteiger partial charge in [0.2, 0.25) is 0 Å². The lowest BCUT2D eigenvalue weighted by atomic mass is 10.1. The van der Waals surface area contributed by atoms with Gasteiger partial charge in [-0.15, -0.1) is 0 Å². The van der Waals surface area contributed by atoms with E-state index in [1.54, 1.807) is 18.5 Å². The lowest BCUT2D eigenvalue weighted by Crippen LogP contribution is -2.31. The minimum Gasteiger partial charge on any atom is -0.330 e. The van der Waals surface area contributed by atoms with E-state index in [1.165, 1.54) is 6.33 Å². The third-order valence-corrected chi connectivity index (χ3v) is 3.38. The molecular formula is C14H14N4O. The maximum Gasteiger partial charge on any atom is 0.273 e. The first-order valence-electron chi connectivity index (χ1n) is 6.33. The summed E-state index contributed by atoms with van der Waals surface area (Å²) >= 11 is 0. The van der Waals surface area contributed by atoms with Crippen molar-refractivity contribution in [1.29, 1.82) is 0 Å². The largest absolute Gasteiger partial charge is 0.330 e. The van der Waals surface area contributed by atoms with Crippen molar-refractivity contribution in [2.75, 3.05) is 6.54 Å². The Kier molecular flexibility index (Phi) is 3.18. The summed E-state index contributed by atoms with van der Waals surface area (Å²) in [4.78, 5) is 26.3. The van der Waals surface area contributed by atoms with Crippen LogP contribution >= 0.6 is 0 Å². The van der Waals surface area contributed by atoms with E-state index in [0.717, 1.165) is 24.9 Å². The van der Waals surface area contributed by atoms with Crippen LogP contribution in [0.1, 0.15) is 34.9 Å². The van der Waals surface area contributed by atoms with E-state index in [2.05, 4.69) is 15.0 Å². The van der Waals surface area contributed by atoms with Gasteiger partial charge in [0, 0.05) is 25.1 Å². The summed E-state index contributed by atoms with van der Waals surface area (Å²) in [5.74, 6) is -0.0336. The Bertz CT molecular complexity index is 558. The maximum absolute atomic E-state index is 12.4. The number of nitrogens with zero attached hydrogens (tertiary/aromatic N) is 4. The Labute approximate surface area is 111 Å². The molecule has 0 bridgehead atoms. The summed E-state index contributed by atoms with van der Waals surface area (Å²) in [6, 6.07) is 5.68. The molecule has 1 fully saturated rings. The number of hydrogen-bond acceptors (Lipinski definition) is 4. The van der Waals surface area contributed by atoms with E-state index in [9.17, 15) is 4.79 Å². The predicted molar refractivity (Wildman–Crippen MR) is 69.3 cm³/mol. The summed E-state index contributed by atoms with van der Waals surface area (Å²) in [7, 11) is 0. The summed E-state index contributed by atoms with van der Waals surface area (Å²) in [6.07, 6.45) is 8.56. The Morgan fingerprint density at radius 2 is 2.21 bits per heavy atom. The van der Waals surface area contributed by atoms with Crippen molar-refractivity contribution in [3.05, 3.63) is 54.4 Å². The molecule has 1 saturated heterocycles. The predicted octanol–water partition coefficient (Wildman–Crippen LogP) is 1.85. The van der Waals surface area contributed by atoms with Crippen molar-refractivity contribution in [2.24, 2.45) is 0 Å². The molecule has 0 radical (unpaired) electrons. The van der Waals surface area contributed by atoms with E-state index in [1.807, 2.05) is 23.2 Å². The first-order valence-corrected chi connectivity index (χ1v) is 6.33. The van der Waals surface area contributed by atoms with Crippen molar-refractivity contribution in [2.45, 2.75) is 18.9 Å². The maximum atomic E-state index is 12.4. The summed E-state index contributed by atoms with van der Waals surface area (Å²) in [5, 5.41) is 0. The van der Waals surface area contributed by atoms with Crippen LogP contribution in [0.5, 0.6) is 0 Å². The molecule has 3 heterocycles. The molecule has 1 amide bonds. The molecule has 3 rings (SSSR count). The Morgan fingerprint density at radius 3 is 2.95 bits per heavy atom. The monoisotopic (exact) mass is 254 g/mol. The van der Waals surface area contributed by atoms with Gasteiger partial charge in [0.05, 0.1) is 6.04 Å². The van der Waals surface area contributed by atoms with Crippen LogP contribution in [-0.4, -0.2) is 32.3 Å². The van der Waals surface area contributed by atoms with Crippen LogP contribution in [0, 0.1) is 0 Å². The number of amides is 1. The quantitative estimate of drug-likeness (QED) is 0.820. The Morgan fingerprint density at radius 1 is 1.26 bits per heavy atom. The highest BCUT2D eigenvalue weighted by atomic mass is 16.2. The number of pyridine rings is 1. The Hall–Kier alpha value is -2.30. The zero-order chi connectivity index (χ0) is 13.1. The molecule has 96 valence electrons. The van der Waals surface area contributed by atoms with E-state index in [4.69, 9.17) is 0 Å². The molecular weight excluding hydrogens is 240 g/mol. The fourth-order valence-electron chi connectivity index (χ4n) is 2.49. The SMILES string of the molecule is O=C(c1ccncn1)N1CCCC1c1cccnc1. The number of rotatable bonds is 2. The first kappa shape index (κ1) is 11.8. The molecule has 1 aliphatic heterocycles. The molecule has 5 nitrogen and oxygen atoms in total. The van der Waals surface area contributed by atoms with Crippen molar-refractivity contribution < 1.29 is 4.79 Å². The first-order chi connectivity index (χ1) is 9.36. The van der Waals surface area contributed by atoms with Crippen LogP contribution in [0.3, 0.4) is 0 Å². The minimum absolute atomic E-state index is 0.0336. The van der Waals surface area contributed by atoms with E-state index in [0.29, 0.717) is 5.69 Å². The van der Waals surface area contributed by atoms with Gasteiger partial charge in [0.25, 0.3) is 5.91 Å². The smallest absolute Gasteiger partial charge is 0.273 e. The number of aromatic nitrogens is 3. The molecule has 1 atom stereocenters. The van der Waals surface area contributed by atoms with Gasteiger partial charge in [0.1, 0.15) is 12.0 Å². The third-order valence-electron chi connectivity index (χ3n) is 3.38. The second kappa shape index (κ2) is 5.14. The molecule has 0 N–H and O–H groups in total. The number of carbonyl (C=O) groups is 1. The van der Waals surface area contributed by atoms with Gasteiger partial charge in [-0.2, -0.15) is 0 Å². The summed E-state index contributed by atoms with van der Waals surface area (Å²) < 4.78 is 0. The topological polar surface area (TPSA) is 59.0 Å². The molecule has 0 saturated carbocycles. The lowest BCUT2D eigenvalue weighted by molar-refractivity contribution is 0.0729. The molecule has 1 aliphatic rings. The van der Waals surface area contributed by atoms with Gasteiger partial charge in [-0.3, -0.25) is 9.78 Å². The normalized spacial score (nSPS) is 18.5. The van der Waals surface area contributed by atoms with Crippen LogP contribution in [0.15, 0.2) is 43.1 Å². The molecule has 2 aromatic rings. The van der Waals surface area contributed by atoms with Gasteiger partial charge in [-0.1, -0.05) is 6.07 Å². The average molecular weight is 254 g/mol. The fraction of sp³-hybridized carbons (Fsp3) is 0.286. The van der Waals surface area contributed by atoms with Crippen molar-refractivity contribution in [3.63, 3.8) is 0 Å². The highest BCUT2D eigenvalue weighted by Gasteiger charge is 2.31. The zero-order valence-electron chi connectivity index (χ0n) is 10.4. The second-order valence-corrected chi connectivity index (χ2v) is 4.54. The van der Waals surface area contributed by atoms with Gasteiger partial charge in [-0.05, 0) is 30.5 Å². The highest BCUT2D eigenvalue weighted by Crippen LogP contribution is 2.32. The van der Waals surface area contributed by atoms with E-state index < -0.39 is 0 Å². The number of likely N-dealkylation sites (tertiary alicyclic amines) is 1. The molecule has 19 heavy (non-hydrogen) atoms. The van der Waals surface area contributed by atoms with Gasteiger partial charge < -0.3 is 4.90 Å². The zero-order valence-corrected chi connectivity index (χ0v) is 10.4. The van der Waals surface area contributed by atoms with Gasteiger partial charge in [0.15, 0.2) is 0 Å². The van der Waals surface area contributed by atoms with Crippen LogP contribution in [0.25, 0.3) is 0 Å². The number of carbonyl (C=O) groups excluding carboxylic acids is 1. The van der Waals surface area contributed by atoms with Crippen LogP contribution in [0.4, 0.5) is 0 Å². The minimum atomic E-state index is -0.0336. The van der Waals surface area contributed by atoms with Crippen molar-refractivity contribution in [3.8, 4) is 0 Å².